The minimum absolute atomic E-state index is 0.127. The Bertz CT molecular complexity index is 939. The van der Waals surface area contributed by atoms with Crippen LogP contribution in [-0.4, -0.2) is 57.0 Å². The van der Waals surface area contributed by atoms with Crippen LogP contribution in [0.15, 0.2) is 48.8 Å². The van der Waals surface area contributed by atoms with Crippen LogP contribution < -0.4 is 4.90 Å². The molecule has 0 unspecified atom stereocenters. The van der Waals surface area contributed by atoms with Crippen molar-refractivity contribution in [3.8, 4) is 5.82 Å². The molecule has 0 spiro atoms. The highest BCUT2D eigenvalue weighted by atomic mass is 35.5. The van der Waals surface area contributed by atoms with E-state index in [4.69, 9.17) is 11.6 Å². The van der Waals surface area contributed by atoms with Crippen molar-refractivity contribution in [3.63, 3.8) is 0 Å². The van der Waals surface area contributed by atoms with Crippen LogP contribution in [0.3, 0.4) is 0 Å². The van der Waals surface area contributed by atoms with E-state index in [-0.39, 0.29) is 10.9 Å². The van der Waals surface area contributed by atoms with Crippen molar-refractivity contribution >= 4 is 23.3 Å². The monoisotopic (exact) mass is 386 g/mol. The minimum atomic E-state index is -0.460. The number of carbonyl (C=O) groups excluding carboxylic acids is 1. The van der Waals surface area contributed by atoms with Gasteiger partial charge in [0.15, 0.2) is 11.6 Å². The maximum atomic E-state index is 13.2. The minimum Gasteiger partial charge on any atom is -0.352 e. The maximum absolute atomic E-state index is 13.2. The van der Waals surface area contributed by atoms with E-state index >= 15 is 0 Å². The fourth-order valence-corrected chi connectivity index (χ4v) is 3.23. The third-order valence-electron chi connectivity index (χ3n) is 4.43. The number of halogens is 2. The number of amides is 1. The van der Waals surface area contributed by atoms with E-state index in [1.165, 1.54) is 12.1 Å². The van der Waals surface area contributed by atoms with E-state index in [0.29, 0.717) is 37.6 Å². The van der Waals surface area contributed by atoms with Gasteiger partial charge in [-0.3, -0.25) is 4.79 Å². The second kappa shape index (κ2) is 7.32. The molecule has 1 fully saturated rings. The Kier molecular flexibility index (Phi) is 4.72. The molecule has 3 heterocycles. The zero-order valence-corrected chi connectivity index (χ0v) is 15.1. The number of hydrogen-bond donors (Lipinski definition) is 0. The largest absolute Gasteiger partial charge is 0.352 e. The van der Waals surface area contributed by atoms with E-state index in [9.17, 15) is 9.18 Å². The average Bonchev–Trinajstić information content (AvgIpc) is 3.23. The van der Waals surface area contributed by atoms with E-state index < -0.39 is 5.82 Å². The van der Waals surface area contributed by atoms with Gasteiger partial charge >= 0.3 is 0 Å². The molecule has 0 bridgehead atoms. The van der Waals surface area contributed by atoms with Crippen LogP contribution in [0, 0.1) is 5.82 Å². The molecule has 1 aromatic carbocycles. The molecule has 1 aliphatic heterocycles. The van der Waals surface area contributed by atoms with Gasteiger partial charge in [-0.05, 0) is 36.4 Å². The first-order chi connectivity index (χ1) is 13.1. The molecule has 1 amide bonds. The molecule has 27 heavy (non-hydrogen) atoms. The van der Waals surface area contributed by atoms with Crippen LogP contribution in [0.1, 0.15) is 10.4 Å². The first kappa shape index (κ1) is 17.4. The first-order valence-electron chi connectivity index (χ1n) is 8.45. The molecular weight excluding hydrogens is 371 g/mol. The molecule has 3 aromatic rings. The normalized spacial score (nSPS) is 14.4. The molecule has 0 aliphatic carbocycles. The second-order valence-corrected chi connectivity index (χ2v) is 6.51. The molecule has 138 valence electrons. The lowest BCUT2D eigenvalue weighted by molar-refractivity contribution is 0.0746. The predicted octanol–water partition coefficient (Wildman–Crippen LogP) is 2.42. The van der Waals surface area contributed by atoms with Crippen molar-refractivity contribution in [1.82, 2.24) is 24.9 Å². The molecule has 9 heteroatoms. The third kappa shape index (κ3) is 3.61. The SMILES string of the molecule is O=C(c1ccc(F)cc1Cl)N1CCN(c2ccc(-n3cccn3)nn2)CC1. The lowest BCUT2D eigenvalue weighted by atomic mass is 10.1. The summed E-state index contributed by atoms with van der Waals surface area (Å²) in [4.78, 5) is 16.4. The maximum Gasteiger partial charge on any atom is 0.255 e. The van der Waals surface area contributed by atoms with Crippen LogP contribution in [0.5, 0.6) is 0 Å². The number of aromatic nitrogens is 4. The molecule has 4 rings (SSSR count). The summed E-state index contributed by atoms with van der Waals surface area (Å²) in [5, 5.41) is 12.7. The highest BCUT2D eigenvalue weighted by Gasteiger charge is 2.24. The van der Waals surface area contributed by atoms with Gasteiger partial charge in [0.25, 0.3) is 5.91 Å². The van der Waals surface area contributed by atoms with E-state index in [2.05, 4.69) is 20.2 Å². The summed E-state index contributed by atoms with van der Waals surface area (Å²) in [5.41, 5.74) is 0.315. The summed E-state index contributed by atoms with van der Waals surface area (Å²) < 4.78 is 14.8. The van der Waals surface area contributed by atoms with Crippen LogP contribution in [-0.2, 0) is 0 Å². The number of nitrogens with zero attached hydrogens (tertiary/aromatic N) is 6. The summed E-state index contributed by atoms with van der Waals surface area (Å²) in [7, 11) is 0. The Balaban J connectivity index is 1.40. The molecule has 1 aliphatic rings. The van der Waals surface area contributed by atoms with Gasteiger partial charge in [0.2, 0.25) is 0 Å². The van der Waals surface area contributed by atoms with E-state index in [1.54, 1.807) is 22.0 Å². The van der Waals surface area contributed by atoms with Gasteiger partial charge in [0.05, 0.1) is 10.6 Å². The summed E-state index contributed by atoms with van der Waals surface area (Å²) in [6, 6.07) is 9.38. The zero-order valence-electron chi connectivity index (χ0n) is 14.3. The number of piperazine rings is 1. The van der Waals surface area contributed by atoms with Gasteiger partial charge in [-0.25, -0.2) is 9.07 Å². The lowest BCUT2D eigenvalue weighted by Gasteiger charge is -2.35. The van der Waals surface area contributed by atoms with E-state index in [0.717, 1.165) is 11.9 Å². The highest BCUT2D eigenvalue weighted by Crippen LogP contribution is 2.21. The molecule has 0 radical (unpaired) electrons. The zero-order chi connectivity index (χ0) is 18.8. The first-order valence-corrected chi connectivity index (χ1v) is 8.82. The Labute approximate surface area is 160 Å². The number of benzene rings is 1. The molecule has 0 atom stereocenters. The van der Waals surface area contributed by atoms with Crippen molar-refractivity contribution < 1.29 is 9.18 Å². The standard InChI is InChI=1S/C18H16ClFN6O/c19-15-12-13(20)2-3-14(15)18(27)25-10-8-24(9-11-25)16-4-5-17(23-22-16)26-7-1-6-21-26/h1-7,12H,8-11H2. The van der Waals surface area contributed by atoms with Crippen molar-refractivity contribution in [2.45, 2.75) is 0 Å². The molecule has 0 N–H and O–H groups in total. The third-order valence-corrected chi connectivity index (χ3v) is 4.74. The van der Waals surface area contributed by atoms with Gasteiger partial charge in [-0.2, -0.15) is 5.10 Å². The van der Waals surface area contributed by atoms with Crippen LogP contribution >= 0.6 is 11.6 Å². The lowest BCUT2D eigenvalue weighted by Crippen LogP contribution is -2.49. The topological polar surface area (TPSA) is 67.2 Å². The Morgan fingerprint density at radius 2 is 1.78 bits per heavy atom. The van der Waals surface area contributed by atoms with Crippen molar-refractivity contribution in [1.29, 1.82) is 0 Å². The summed E-state index contributed by atoms with van der Waals surface area (Å²) >= 11 is 6.00. The molecule has 1 saturated heterocycles. The number of carbonyl (C=O) groups is 1. The van der Waals surface area contributed by atoms with Crippen molar-refractivity contribution in [3.05, 3.63) is 65.2 Å². The molecule has 7 nitrogen and oxygen atoms in total. The summed E-state index contributed by atoms with van der Waals surface area (Å²) in [5.74, 6) is 0.736. The van der Waals surface area contributed by atoms with Crippen molar-refractivity contribution in [2.75, 3.05) is 31.1 Å². The van der Waals surface area contributed by atoms with Crippen LogP contribution in [0.4, 0.5) is 10.2 Å². The smallest absolute Gasteiger partial charge is 0.255 e. The van der Waals surface area contributed by atoms with Gasteiger partial charge in [-0.15, -0.1) is 10.2 Å². The molecule has 2 aromatic heterocycles. The highest BCUT2D eigenvalue weighted by molar-refractivity contribution is 6.33. The quantitative estimate of drug-likeness (QED) is 0.691. The summed E-state index contributed by atoms with van der Waals surface area (Å²) in [6.45, 7) is 2.30. The summed E-state index contributed by atoms with van der Waals surface area (Å²) in [6.07, 6.45) is 3.48. The Morgan fingerprint density at radius 3 is 2.41 bits per heavy atom. The number of hydrogen-bond acceptors (Lipinski definition) is 5. The average molecular weight is 387 g/mol. The Morgan fingerprint density at radius 1 is 1.04 bits per heavy atom. The van der Waals surface area contributed by atoms with Gasteiger partial charge in [0.1, 0.15) is 5.82 Å². The van der Waals surface area contributed by atoms with Crippen LogP contribution in [0.2, 0.25) is 5.02 Å². The molecular formula is C18H16ClFN6O. The predicted molar refractivity (Wildman–Crippen MR) is 98.7 cm³/mol. The fraction of sp³-hybridized carbons (Fsp3) is 0.222. The number of anilines is 1. The van der Waals surface area contributed by atoms with Crippen molar-refractivity contribution in [2.24, 2.45) is 0 Å². The van der Waals surface area contributed by atoms with Crippen LogP contribution in [0.25, 0.3) is 5.82 Å². The van der Waals surface area contributed by atoms with Gasteiger partial charge < -0.3 is 9.80 Å². The number of rotatable bonds is 3. The van der Waals surface area contributed by atoms with Gasteiger partial charge in [0, 0.05) is 38.6 Å². The fourth-order valence-electron chi connectivity index (χ4n) is 2.99. The molecule has 0 saturated carbocycles. The van der Waals surface area contributed by atoms with E-state index in [1.807, 2.05) is 18.2 Å². The second-order valence-electron chi connectivity index (χ2n) is 6.10. The Hall–Kier alpha value is -3.00. The van der Waals surface area contributed by atoms with Gasteiger partial charge in [-0.1, -0.05) is 11.6 Å².